The van der Waals surface area contributed by atoms with Crippen molar-refractivity contribution in [2.45, 2.75) is 26.3 Å². The van der Waals surface area contributed by atoms with Gasteiger partial charge < -0.3 is 10.6 Å². The molecule has 1 unspecified atom stereocenters. The Hall–Kier alpha value is -3.07. The summed E-state index contributed by atoms with van der Waals surface area (Å²) in [6, 6.07) is 26.4. The Kier molecular flexibility index (Phi) is 5.69. The van der Waals surface area contributed by atoms with Crippen molar-refractivity contribution in [1.29, 1.82) is 0 Å². The Morgan fingerprint density at radius 1 is 0.885 bits per heavy atom. The zero-order chi connectivity index (χ0) is 18.4. The number of hydrogen-bond acceptors (Lipinski definition) is 2. The van der Waals surface area contributed by atoms with E-state index in [2.05, 4.69) is 29.7 Å². The number of nitrogens with one attached hydrogen (secondary N) is 2. The van der Waals surface area contributed by atoms with Crippen molar-refractivity contribution in [3.8, 4) is 0 Å². The summed E-state index contributed by atoms with van der Waals surface area (Å²) in [5.41, 5.74) is 5.26. The van der Waals surface area contributed by atoms with E-state index < -0.39 is 0 Å². The molecule has 1 amide bonds. The SMILES string of the molecule is Cc1cccc(CC(=O)Nc2ccc(NC(C)c3ccccc3)cc2)c1. The minimum Gasteiger partial charge on any atom is -0.379 e. The molecular weight excluding hydrogens is 320 g/mol. The molecule has 0 saturated heterocycles. The first-order chi connectivity index (χ1) is 12.6. The second-order valence-corrected chi connectivity index (χ2v) is 6.57. The average molecular weight is 344 g/mol. The summed E-state index contributed by atoms with van der Waals surface area (Å²) in [5, 5.41) is 6.43. The smallest absolute Gasteiger partial charge is 0.228 e. The first-order valence-electron chi connectivity index (χ1n) is 8.87. The van der Waals surface area contributed by atoms with Crippen molar-refractivity contribution >= 4 is 17.3 Å². The molecule has 3 rings (SSSR count). The van der Waals surface area contributed by atoms with Crippen LogP contribution in [0.5, 0.6) is 0 Å². The molecule has 0 aliphatic rings. The summed E-state index contributed by atoms with van der Waals surface area (Å²) in [4.78, 5) is 12.2. The maximum Gasteiger partial charge on any atom is 0.228 e. The highest BCUT2D eigenvalue weighted by Gasteiger charge is 2.06. The summed E-state index contributed by atoms with van der Waals surface area (Å²) >= 11 is 0. The van der Waals surface area contributed by atoms with Crippen LogP contribution in [0.1, 0.15) is 29.7 Å². The molecule has 1 atom stereocenters. The van der Waals surface area contributed by atoms with Crippen LogP contribution in [0.25, 0.3) is 0 Å². The molecule has 26 heavy (non-hydrogen) atoms. The van der Waals surface area contributed by atoms with Gasteiger partial charge in [-0.25, -0.2) is 0 Å². The lowest BCUT2D eigenvalue weighted by atomic mass is 10.1. The highest BCUT2D eigenvalue weighted by atomic mass is 16.1. The van der Waals surface area contributed by atoms with Gasteiger partial charge in [-0.3, -0.25) is 4.79 Å². The van der Waals surface area contributed by atoms with Crippen LogP contribution in [0.3, 0.4) is 0 Å². The highest BCUT2D eigenvalue weighted by molar-refractivity contribution is 5.92. The van der Waals surface area contributed by atoms with Gasteiger partial charge in [-0.15, -0.1) is 0 Å². The van der Waals surface area contributed by atoms with Crippen molar-refractivity contribution in [2.75, 3.05) is 10.6 Å². The van der Waals surface area contributed by atoms with E-state index in [1.165, 1.54) is 11.1 Å². The molecule has 3 nitrogen and oxygen atoms in total. The third-order valence-corrected chi connectivity index (χ3v) is 4.30. The fraction of sp³-hybridized carbons (Fsp3) is 0.174. The summed E-state index contributed by atoms with van der Waals surface area (Å²) in [6.07, 6.45) is 0.382. The van der Waals surface area contributed by atoms with Gasteiger partial charge >= 0.3 is 0 Å². The largest absolute Gasteiger partial charge is 0.379 e. The number of carbonyl (C=O) groups is 1. The van der Waals surface area contributed by atoms with Crippen LogP contribution >= 0.6 is 0 Å². The fourth-order valence-electron chi connectivity index (χ4n) is 2.94. The van der Waals surface area contributed by atoms with Crippen LogP contribution in [0.2, 0.25) is 0 Å². The molecule has 0 radical (unpaired) electrons. The van der Waals surface area contributed by atoms with Crippen molar-refractivity contribution in [3.05, 3.63) is 95.6 Å². The Labute approximate surface area is 155 Å². The lowest BCUT2D eigenvalue weighted by molar-refractivity contribution is -0.115. The normalized spacial score (nSPS) is 11.6. The fourth-order valence-corrected chi connectivity index (χ4v) is 2.94. The molecule has 3 aromatic rings. The number of aryl methyl sites for hydroxylation is 1. The quantitative estimate of drug-likeness (QED) is 0.633. The van der Waals surface area contributed by atoms with Gasteiger partial charge in [-0.05, 0) is 49.2 Å². The van der Waals surface area contributed by atoms with Crippen molar-refractivity contribution in [1.82, 2.24) is 0 Å². The number of anilines is 2. The van der Waals surface area contributed by atoms with E-state index in [0.717, 1.165) is 16.9 Å². The van der Waals surface area contributed by atoms with Crippen LogP contribution in [-0.2, 0) is 11.2 Å². The molecule has 0 aliphatic carbocycles. The van der Waals surface area contributed by atoms with E-state index in [1.54, 1.807) is 0 Å². The minimum absolute atomic E-state index is 0.00559. The van der Waals surface area contributed by atoms with Gasteiger partial charge in [0.15, 0.2) is 0 Å². The molecule has 2 N–H and O–H groups in total. The number of rotatable bonds is 6. The van der Waals surface area contributed by atoms with E-state index in [-0.39, 0.29) is 11.9 Å². The molecule has 0 aliphatic heterocycles. The summed E-state index contributed by atoms with van der Waals surface area (Å²) < 4.78 is 0. The van der Waals surface area contributed by atoms with Crippen molar-refractivity contribution in [3.63, 3.8) is 0 Å². The number of benzene rings is 3. The Bertz CT molecular complexity index is 857. The summed E-state index contributed by atoms with van der Waals surface area (Å²) in [7, 11) is 0. The first-order valence-corrected chi connectivity index (χ1v) is 8.87. The predicted molar refractivity (Wildman–Crippen MR) is 108 cm³/mol. The van der Waals surface area contributed by atoms with E-state index in [9.17, 15) is 4.79 Å². The topological polar surface area (TPSA) is 41.1 Å². The van der Waals surface area contributed by atoms with Crippen LogP contribution in [0, 0.1) is 6.92 Å². The molecule has 0 bridgehead atoms. The van der Waals surface area contributed by atoms with Gasteiger partial charge in [0.05, 0.1) is 6.42 Å². The molecule has 3 heteroatoms. The molecule has 0 saturated carbocycles. The zero-order valence-electron chi connectivity index (χ0n) is 15.2. The van der Waals surface area contributed by atoms with Crippen LogP contribution in [0.15, 0.2) is 78.9 Å². The number of hydrogen-bond donors (Lipinski definition) is 2. The second kappa shape index (κ2) is 8.34. The van der Waals surface area contributed by atoms with Crippen molar-refractivity contribution in [2.24, 2.45) is 0 Å². The van der Waals surface area contributed by atoms with Crippen LogP contribution < -0.4 is 10.6 Å². The van der Waals surface area contributed by atoms with Gasteiger partial charge in [-0.2, -0.15) is 0 Å². The molecule has 0 heterocycles. The maximum absolute atomic E-state index is 12.2. The molecule has 0 aromatic heterocycles. The lowest BCUT2D eigenvalue weighted by Gasteiger charge is -2.16. The Balaban J connectivity index is 1.56. The summed E-state index contributed by atoms with van der Waals surface area (Å²) in [6.45, 7) is 4.16. The van der Waals surface area contributed by atoms with E-state index in [0.29, 0.717) is 6.42 Å². The number of carbonyl (C=O) groups excluding carboxylic acids is 1. The zero-order valence-corrected chi connectivity index (χ0v) is 15.2. The van der Waals surface area contributed by atoms with Gasteiger partial charge in [0.25, 0.3) is 0 Å². The lowest BCUT2D eigenvalue weighted by Crippen LogP contribution is -2.14. The third-order valence-electron chi connectivity index (χ3n) is 4.30. The molecular formula is C23H24N2O. The van der Waals surface area contributed by atoms with Crippen LogP contribution in [-0.4, -0.2) is 5.91 Å². The number of amides is 1. The third kappa shape index (κ3) is 4.96. The van der Waals surface area contributed by atoms with Gasteiger partial charge in [0, 0.05) is 17.4 Å². The Morgan fingerprint density at radius 3 is 2.27 bits per heavy atom. The monoisotopic (exact) mass is 344 g/mol. The standard InChI is InChI=1S/C23H24N2O/c1-17-7-6-8-19(15-17)16-23(26)25-22-13-11-21(12-14-22)24-18(2)20-9-4-3-5-10-20/h3-15,18,24H,16H2,1-2H3,(H,25,26). The molecule has 3 aromatic carbocycles. The maximum atomic E-state index is 12.2. The molecule has 0 fully saturated rings. The first kappa shape index (κ1) is 17.7. The highest BCUT2D eigenvalue weighted by Crippen LogP contribution is 2.20. The predicted octanol–water partition coefficient (Wildman–Crippen LogP) is 5.35. The average Bonchev–Trinajstić information content (AvgIpc) is 2.64. The summed E-state index contributed by atoms with van der Waals surface area (Å²) in [5.74, 6) is -0.00559. The second-order valence-electron chi connectivity index (χ2n) is 6.57. The van der Waals surface area contributed by atoms with E-state index >= 15 is 0 Å². The molecule has 132 valence electrons. The van der Waals surface area contributed by atoms with Gasteiger partial charge in [0.1, 0.15) is 0 Å². The Morgan fingerprint density at radius 2 is 1.58 bits per heavy atom. The van der Waals surface area contributed by atoms with E-state index in [4.69, 9.17) is 0 Å². The van der Waals surface area contributed by atoms with Gasteiger partial charge in [0.2, 0.25) is 5.91 Å². The minimum atomic E-state index is -0.00559. The molecule has 0 spiro atoms. The van der Waals surface area contributed by atoms with Gasteiger partial charge in [-0.1, -0.05) is 60.2 Å². The van der Waals surface area contributed by atoms with Crippen molar-refractivity contribution < 1.29 is 4.79 Å². The van der Waals surface area contributed by atoms with Crippen LogP contribution in [0.4, 0.5) is 11.4 Å². The van der Waals surface area contributed by atoms with E-state index in [1.807, 2.05) is 73.7 Å².